The molecular weight excluding hydrogens is 254 g/mol. The van der Waals surface area contributed by atoms with Crippen molar-refractivity contribution in [2.24, 2.45) is 5.92 Å². The highest BCUT2D eigenvalue weighted by Crippen LogP contribution is 2.20. The van der Waals surface area contributed by atoms with Crippen molar-refractivity contribution in [3.05, 3.63) is 0 Å². The zero-order chi connectivity index (χ0) is 15.1. The highest BCUT2D eigenvalue weighted by Gasteiger charge is 2.30. The first kappa shape index (κ1) is 17.0. The maximum Gasteiger partial charge on any atom is 0.241 e. The van der Waals surface area contributed by atoms with E-state index in [4.69, 9.17) is 0 Å². The fourth-order valence-electron chi connectivity index (χ4n) is 2.62. The molecule has 0 aromatic heterocycles. The quantitative estimate of drug-likeness (QED) is 0.794. The van der Waals surface area contributed by atoms with Gasteiger partial charge in [0, 0.05) is 20.6 Å². The Morgan fingerprint density at radius 3 is 2.50 bits per heavy atom. The van der Waals surface area contributed by atoms with E-state index in [1.165, 1.54) is 0 Å². The summed E-state index contributed by atoms with van der Waals surface area (Å²) in [6, 6.07) is -0.116. The van der Waals surface area contributed by atoms with Crippen molar-refractivity contribution in [2.45, 2.75) is 45.6 Å². The van der Waals surface area contributed by atoms with Gasteiger partial charge in [0.2, 0.25) is 11.8 Å². The van der Waals surface area contributed by atoms with Gasteiger partial charge in [-0.3, -0.25) is 9.59 Å². The molecule has 1 rings (SSSR count). The summed E-state index contributed by atoms with van der Waals surface area (Å²) in [6.45, 7) is 5.94. The van der Waals surface area contributed by atoms with Gasteiger partial charge in [0.1, 0.15) is 0 Å². The molecule has 0 aliphatic carbocycles. The first-order valence-corrected chi connectivity index (χ1v) is 7.71. The number of nitrogens with one attached hydrogen (secondary N) is 1. The predicted octanol–water partition coefficient (Wildman–Crippen LogP) is 1.09. The maximum absolute atomic E-state index is 12.6. The minimum atomic E-state index is -0.116. The van der Waals surface area contributed by atoms with Crippen molar-refractivity contribution >= 4 is 11.8 Å². The van der Waals surface area contributed by atoms with Crippen molar-refractivity contribution in [3.8, 4) is 0 Å². The van der Waals surface area contributed by atoms with E-state index < -0.39 is 0 Å². The van der Waals surface area contributed by atoms with Gasteiger partial charge in [-0.1, -0.05) is 20.3 Å². The number of carbonyl (C=O) groups is 2. The third-order valence-corrected chi connectivity index (χ3v) is 4.02. The monoisotopic (exact) mass is 283 g/mol. The Balaban J connectivity index is 2.65. The van der Waals surface area contributed by atoms with E-state index in [0.29, 0.717) is 12.5 Å². The van der Waals surface area contributed by atoms with Crippen LogP contribution in [-0.4, -0.2) is 61.4 Å². The summed E-state index contributed by atoms with van der Waals surface area (Å²) in [5, 5.41) is 3.31. The van der Waals surface area contributed by atoms with E-state index in [2.05, 4.69) is 12.2 Å². The molecule has 1 N–H and O–H groups in total. The molecule has 20 heavy (non-hydrogen) atoms. The number of piperidine rings is 1. The highest BCUT2D eigenvalue weighted by atomic mass is 16.2. The lowest BCUT2D eigenvalue weighted by Crippen LogP contribution is -2.52. The van der Waals surface area contributed by atoms with Crippen LogP contribution in [0.25, 0.3) is 0 Å². The summed E-state index contributed by atoms with van der Waals surface area (Å²) >= 11 is 0. The normalized spacial score (nSPS) is 22.4. The summed E-state index contributed by atoms with van der Waals surface area (Å²) in [6.07, 6.45) is 4.03. The molecule has 0 saturated carbocycles. The smallest absolute Gasteiger partial charge is 0.241 e. The lowest BCUT2D eigenvalue weighted by atomic mass is 9.90. The van der Waals surface area contributed by atoms with Crippen LogP contribution >= 0.6 is 0 Å². The van der Waals surface area contributed by atoms with Gasteiger partial charge in [-0.2, -0.15) is 0 Å². The van der Waals surface area contributed by atoms with E-state index in [0.717, 1.165) is 32.2 Å². The molecule has 1 saturated heterocycles. The molecular formula is C15H29N3O2. The third kappa shape index (κ3) is 4.78. The molecule has 0 aromatic rings. The Kier molecular flexibility index (Phi) is 6.99. The largest absolute Gasteiger partial charge is 0.347 e. The molecule has 1 aliphatic rings. The van der Waals surface area contributed by atoms with Gasteiger partial charge in [-0.25, -0.2) is 0 Å². The molecule has 2 atom stereocenters. The number of amides is 2. The van der Waals surface area contributed by atoms with Crippen LogP contribution < -0.4 is 5.32 Å². The number of hydrogen-bond acceptors (Lipinski definition) is 3. The molecule has 0 radical (unpaired) electrons. The summed E-state index contributed by atoms with van der Waals surface area (Å²) in [5.41, 5.74) is 0. The van der Waals surface area contributed by atoms with Crippen molar-refractivity contribution in [3.63, 3.8) is 0 Å². The second-order valence-electron chi connectivity index (χ2n) is 5.85. The topological polar surface area (TPSA) is 52.7 Å². The Hall–Kier alpha value is -1.10. The van der Waals surface area contributed by atoms with Gasteiger partial charge in [-0.15, -0.1) is 0 Å². The van der Waals surface area contributed by atoms with Crippen LogP contribution in [0.5, 0.6) is 0 Å². The zero-order valence-corrected chi connectivity index (χ0v) is 13.3. The van der Waals surface area contributed by atoms with E-state index >= 15 is 0 Å². The molecule has 1 aliphatic heterocycles. The van der Waals surface area contributed by atoms with E-state index in [-0.39, 0.29) is 24.4 Å². The van der Waals surface area contributed by atoms with Crippen molar-refractivity contribution in [2.75, 3.05) is 33.7 Å². The zero-order valence-electron chi connectivity index (χ0n) is 13.3. The van der Waals surface area contributed by atoms with Gasteiger partial charge >= 0.3 is 0 Å². The number of rotatable bonds is 6. The molecule has 5 heteroatoms. The van der Waals surface area contributed by atoms with Crippen LogP contribution in [0.15, 0.2) is 0 Å². The Morgan fingerprint density at radius 1 is 1.25 bits per heavy atom. The highest BCUT2D eigenvalue weighted by molar-refractivity contribution is 5.87. The maximum atomic E-state index is 12.6. The summed E-state index contributed by atoms with van der Waals surface area (Å²) in [4.78, 5) is 27.7. The molecule has 0 aromatic carbocycles. The minimum Gasteiger partial charge on any atom is -0.347 e. The Bertz CT molecular complexity index is 331. The Labute approximate surface area is 122 Å². The van der Waals surface area contributed by atoms with Crippen LogP contribution in [0.4, 0.5) is 0 Å². The molecule has 1 fully saturated rings. The van der Waals surface area contributed by atoms with Gasteiger partial charge < -0.3 is 15.1 Å². The lowest BCUT2D eigenvalue weighted by molar-refractivity contribution is -0.141. The molecule has 0 bridgehead atoms. The first-order valence-electron chi connectivity index (χ1n) is 7.71. The molecule has 5 nitrogen and oxygen atoms in total. The standard InChI is InChI=1S/C15H29N3O2/c1-5-9-18(11-14(19)17(3)4)15(20)13-10-12(6-2)7-8-16-13/h12-13,16H,5-11H2,1-4H3. The van der Waals surface area contributed by atoms with Crippen LogP contribution in [0, 0.1) is 5.92 Å². The number of likely N-dealkylation sites (N-methyl/N-ethyl adjacent to an activating group) is 1. The van der Waals surface area contributed by atoms with E-state index in [1.54, 1.807) is 23.9 Å². The molecule has 0 spiro atoms. The third-order valence-electron chi connectivity index (χ3n) is 4.02. The van der Waals surface area contributed by atoms with Gasteiger partial charge in [0.25, 0.3) is 0 Å². The van der Waals surface area contributed by atoms with Crippen molar-refractivity contribution < 1.29 is 9.59 Å². The van der Waals surface area contributed by atoms with Crippen LogP contribution in [0.2, 0.25) is 0 Å². The fourth-order valence-corrected chi connectivity index (χ4v) is 2.62. The minimum absolute atomic E-state index is 0.0188. The predicted molar refractivity (Wildman–Crippen MR) is 80.4 cm³/mol. The summed E-state index contributed by atoms with van der Waals surface area (Å²) in [7, 11) is 3.45. The summed E-state index contributed by atoms with van der Waals surface area (Å²) < 4.78 is 0. The average Bonchev–Trinajstić information content (AvgIpc) is 2.45. The van der Waals surface area contributed by atoms with Crippen LogP contribution in [0.1, 0.15) is 39.5 Å². The lowest BCUT2D eigenvalue weighted by Gasteiger charge is -2.33. The number of carbonyl (C=O) groups excluding carboxylic acids is 2. The van der Waals surface area contributed by atoms with E-state index in [9.17, 15) is 9.59 Å². The van der Waals surface area contributed by atoms with Crippen molar-refractivity contribution in [1.29, 1.82) is 0 Å². The first-order chi connectivity index (χ1) is 9.49. The SMILES string of the molecule is CCCN(CC(=O)N(C)C)C(=O)C1CC(CC)CCN1. The van der Waals surface area contributed by atoms with Gasteiger partial charge in [0.15, 0.2) is 0 Å². The average molecular weight is 283 g/mol. The fraction of sp³-hybridized carbons (Fsp3) is 0.867. The number of hydrogen-bond donors (Lipinski definition) is 1. The van der Waals surface area contributed by atoms with Crippen molar-refractivity contribution in [1.82, 2.24) is 15.1 Å². The second kappa shape index (κ2) is 8.25. The van der Waals surface area contributed by atoms with Crippen LogP contribution in [-0.2, 0) is 9.59 Å². The van der Waals surface area contributed by atoms with Crippen LogP contribution in [0.3, 0.4) is 0 Å². The molecule has 1 heterocycles. The second-order valence-corrected chi connectivity index (χ2v) is 5.85. The molecule has 116 valence electrons. The molecule has 2 amide bonds. The Morgan fingerprint density at radius 2 is 1.95 bits per heavy atom. The molecule has 2 unspecified atom stereocenters. The number of nitrogens with zero attached hydrogens (tertiary/aromatic N) is 2. The van der Waals surface area contributed by atoms with Gasteiger partial charge in [-0.05, 0) is 31.7 Å². The van der Waals surface area contributed by atoms with Gasteiger partial charge in [0.05, 0.1) is 12.6 Å². The summed E-state index contributed by atoms with van der Waals surface area (Å²) in [5.74, 6) is 0.688. The van der Waals surface area contributed by atoms with E-state index in [1.807, 2.05) is 6.92 Å².